The average molecular weight is 727 g/mol. The number of carboxylic acid groups (broad SMARTS) is 1. The number of hydrogen-bond donors (Lipinski definition) is 5. The summed E-state index contributed by atoms with van der Waals surface area (Å²) in [6.07, 6.45) is 5.25. The molecule has 0 radical (unpaired) electrons. The summed E-state index contributed by atoms with van der Waals surface area (Å²) in [4.78, 5) is 38.7. The number of ether oxygens (including phenoxy) is 1. The molecule has 0 aliphatic heterocycles. The predicted molar refractivity (Wildman–Crippen MR) is 197 cm³/mol. The van der Waals surface area contributed by atoms with Gasteiger partial charge in [0.25, 0.3) is 0 Å². The Balaban J connectivity index is 0.000000588. The van der Waals surface area contributed by atoms with Crippen LogP contribution in [0.3, 0.4) is 0 Å². The molecule has 0 saturated heterocycles. The standard InChI is InChI=1S/C29H32N4O5S2.C6H14N2O2/c1-4-30-29(35)40(36,37)32-28-25(17-24(39-28)16-20(2)3)22-12-10-21(11-13-22)19-33-26(38-15-14-34)18-31-27(33)23-8-6-5-7-9-23;7-4-2-1-3-5(8)6(9)10/h5-14,17-18,20,32H,4,15-16,19H2,1-3H3,(H,30,35);5H,1-4,7-8H2,(H,9,10)/t;5-/m.0/s1. The highest BCUT2D eigenvalue weighted by Crippen LogP contribution is 2.38. The average Bonchev–Trinajstić information content (AvgIpc) is 3.67. The van der Waals surface area contributed by atoms with E-state index in [9.17, 15) is 22.8 Å². The first-order valence-electron chi connectivity index (χ1n) is 16.3. The molecule has 0 aliphatic rings. The van der Waals surface area contributed by atoms with E-state index in [-0.39, 0.29) is 13.2 Å². The number of rotatable bonds is 17. The highest BCUT2D eigenvalue weighted by Gasteiger charge is 2.24. The summed E-state index contributed by atoms with van der Waals surface area (Å²) in [5.41, 5.74) is 13.8. The second-order valence-electron chi connectivity index (χ2n) is 11.8. The van der Waals surface area contributed by atoms with Gasteiger partial charge in [-0.15, -0.1) is 11.3 Å². The van der Waals surface area contributed by atoms with Crippen LogP contribution >= 0.6 is 11.3 Å². The largest absolute Gasteiger partial charge is 0.480 e. The summed E-state index contributed by atoms with van der Waals surface area (Å²) in [6.45, 7) is 7.03. The number of benzene rings is 2. The number of hydrogen-bond acceptors (Lipinski definition) is 10. The zero-order chi connectivity index (χ0) is 36.7. The van der Waals surface area contributed by atoms with Crippen LogP contribution in [0.4, 0.5) is 9.80 Å². The number of thiophene rings is 1. The number of carbonyl (C=O) groups is 3. The Morgan fingerprint density at radius 1 is 1.08 bits per heavy atom. The summed E-state index contributed by atoms with van der Waals surface area (Å²) < 4.78 is 35.3. The third kappa shape index (κ3) is 11.8. The fourth-order valence-electron chi connectivity index (χ4n) is 4.81. The molecule has 50 heavy (non-hydrogen) atoms. The first-order chi connectivity index (χ1) is 23.9. The van der Waals surface area contributed by atoms with Gasteiger partial charge < -0.3 is 26.6 Å². The Morgan fingerprint density at radius 3 is 2.38 bits per heavy atom. The van der Waals surface area contributed by atoms with Crippen molar-refractivity contribution in [2.45, 2.75) is 59.0 Å². The van der Waals surface area contributed by atoms with E-state index < -0.39 is 27.3 Å². The van der Waals surface area contributed by atoms with Crippen molar-refractivity contribution >= 4 is 43.9 Å². The summed E-state index contributed by atoms with van der Waals surface area (Å²) in [5.74, 6) is 0.639. The van der Waals surface area contributed by atoms with Crippen molar-refractivity contribution in [3.05, 3.63) is 77.3 Å². The van der Waals surface area contributed by atoms with Gasteiger partial charge in [0.2, 0.25) is 5.88 Å². The topological polar surface area (TPSA) is 209 Å². The molecule has 2 heterocycles. The van der Waals surface area contributed by atoms with Crippen molar-refractivity contribution in [2.24, 2.45) is 17.4 Å². The number of anilines is 1. The van der Waals surface area contributed by atoms with Crippen LogP contribution in [0.5, 0.6) is 5.88 Å². The fourth-order valence-corrected chi connectivity index (χ4v) is 7.23. The molecule has 1 atom stereocenters. The number of sulfonamides is 1. The van der Waals surface area contributed by atoms with Gasteiger partial charge in [0, 0.05) is 22.5 Å². The van der Waals surface area contributed by atoms with Gasteiger partial charge in [0.1, 0.15) is 23.5 Å². The van der Waals surface area contributed by atoms with Crippen molar-refractivity contribution in [3.63, 3.8) is 0 Å². The van der Waals surface area contributed by atoms with E-state index in [1.165, 1.54) is 11.3 Å². The molecule has 4 rings (SSSR count). The molecule has 4 aromatic rings. The molecule has 0 unspecified atom stereocenters. The minimum atomic E-state index is -4.25. The highest BCUT2D eigenvalue weighted by molar-refractivity contribution is 8.07. The van der Waals surface area contributed by atoms with Crippen LogP contribution < -0.4 is 26.2 Å². The lowest BCUT2D eigenvalue weighted by Crippen LogP contribution is -2.33. The second kappa shape index (κ2) is 19.6. The van der Waals surface area contributed by atoms with Crippen LogP contribution in [-0.2, 0) is 32.6 Å². The maximum atomic E-state index is 12.6. The second-order valence-corrected chi connectivity index (χ2v) is 14.5. The van der Waals surface area contributed by atoms with E-state index in [1.807, 2.05) is 65.2 Å². The third-order valence-electron chi connectivity index (χ3n) is 7.23. The molecule has 13 nitrogen and oxygen atoms in total. The highest BCUT2D eigenvalue weighted by atomic mass is 32.2. The van der Waals surface area contributed by atoms with Crippen LogP contribution in [0.2, 0.25) is 0 Å². The zero-order valence-electron chi connectivity index (χ0n) is 28.5. The molecule has 0 spiro atoms. The number of carbonyl (C=O) groups excluding carboxylic acids is 2. The monoisotopic (exact) mass is 726 g/mol. The Morgan fingerprint density at radius 2 is 1.78 bits per heavy atom. The Bertz CT molecular complexity index is 1790. The normalized spacial score (nSPS) is 11.7. The van der Waals surface area contributed by atoms with E-state index in [4.69, 9.17) is 21.3 Å². The molecule has 0 fully saturated rings. The Labute approximate surface area is 297 Å². The minimum absolute atomic E-state index is 0.0787. The molecule has 0 bridgehead atoms. The zero-order valence-corrected chi connectivity index (χ0v) is 30.1. The predicted octanol–water partition coefficient (Wildman–Crippen LogP) is 5.10. The molecule has 2 aromatic heterocycles. The lowest BCUT2D eigenvalue weighted by Gasteiger charge is -2.13. The van der Waals surface area contributed by atoms with Crippen LogP contribution in [0.15, 0.2) is 66.9 Å². The molecule has 270 valence electrons. The SMILES string of the molecule is CCNC(=O)S(=O)(=O)Nc1sc(CC(C)C)cc1-c1ccc(Cn2c(OCC=O)cnc2-c2ccccc2)cc1.NCCCC[C@H](N)C(=O)O. The number of carboxylic acids is 1. The molecule has 0 aliphatic carbocycles. The lowest BCUT2D eigenvalue weighted by molar-refractivity contribution is -0.138. The summed E-state index contributed by atoms with van der Waals surface area (Å²) >= 11 is 1.33. The van der Waals surface area contributed by atoms with Gasteiger partial charge in [-0.2, -0.15) is 8.42 Å². The Kier molecular flexibility index (Phi) is 15.6. The maximum Gasteiger partial charge on any atom is 0.357 e. The van der Waals surface area contributed by atoms with E-state index >= 15 is 0 Å². The van der Waals surface area contributed by atoms with Gasteiger partial charge in [0.05, 0.1) is 12.7 Å². The maximum absolute atomic E-state index is 12.6. The molecule has 0 saturated carbocycles. The smallest absolute Gasteiger partial charge is 0.357 e. The fraction of sp³-hybridized carbons (Fsp3) is 0.371. The quantitative estimate of drug-likeness (QED) is 0.0718. The number of imidazole rings is 1. The number of aliphatic carboxylic acids is 1. The van der Waals surface area contributed by atoms with E-state index in [1.54, 1.807) is 13.1 Å². The summed E-state index contributed by atoms with van der Waals surface area (Å²) in [5, 5.41) is 10.0. The summed E-state index contributed by atoms with van der Waals surface area (Å²) in [7, 11) is -4.25. The van der Waals surface area contributed by atoms with Gasteiger partial charge in [-0.05, 0) is 55.8 Å². The van der Waals surface area contributed by atoms with Gasteiger partial charge in [0.15, 0.2) is 6.29 Å². The van der Waals surface area contributed by atoms with Crippen molar-refractivity contribution < 1.29 is 32.6 Å². The van der Waals surface area contributed by atoms with Gasteiger partial charge in [-0.3, -0.25) is 23.7 Å². The van der Waals surface area contributed by atoms with E-state index in [2.05, 4.69) is 28.9 Å². The van der Waals surface area contributed by atoms with Crippen molar-refractivity contribution in [2.75, 3.05) is 24.4 Å². The number of unbranched alkanes of at least 4 members (excludes halogenated alkanes) is 1. The molecular formula is C35H46N6O7S2. The number of nitrogens with one attached hydrogen (secondary N) is 2. The van der Waals surface area contributed by atoms with Crippen LogP contribution in [0.1, 0.15) is 50.5 Å². The van der Waals surface area contributed by atoms with Crippen molar-refractivity contribution in [1.82, 2.24) is 14.9 Å². The molecule has 7 N–H and O–H groups in total. The molecule has 15 heteroatoms. The minimum Gasteiger partial charge on any atom is -0.480 e. The molecule has 1 amide bonds. The van der Waals surface area contributed by atoms with E-state index in [0.29, 0.717) is 54.0 Å². The lowest BCUT2D eigenvalue weighted by atomic mass is 10.0. The summed E-state index contributed by atoms with van der Waals surface area (Å²) in [6, 6.07) is 18.7. The van der Waals surface area contributed by atoms with Gasteiger partial charge in [-0.25, -0.2) is 4.98 Å². The van der Waals surface area contributed by atoms with Crippen LogP contribution in [-0.4, -0.2) is 66.3 Å². The van der Waals surface area contributed by atoms with Gasteiger partial charge in [-0.1, -0.05) is 74.9 Å². The third-order valence-corrected chi connectivity index (χ3v) is 9.53. The number of aldehydes is 1. The van der Waals surface area contributed by atoms with Crippen molar-refractivity contribution in [1.29, 1.82) is 0 Å². The number of nitrogens with zero attached hydrogens (tertiary/aromatic N) is 2. The first-order valence-corrected chi connectivity index (χ1v) is 18.6. The molecular weight excluding hydrogens is 681 g/mol. The number of aromatic nitrogens is 2. The molecule has 2 aromatic carbocycles. The van der Waals surface area contributed by atoms with Crippen LogP contribution in [0.25, 0.3) is 22.5 Å². The number of nitrogens with two attached hydrogens (primary N) is 2. The van der Waals surface area contributed by atoms with E-state index in [0.717, 1.165) is 40.8 Å². The first kappa shape index (κ1) is 39.9. The number of amides is 1. The van der Waals surface area contributed by atoms with Crippen LogP contribution in [0, 0.1) is 5.92 Å². The van der Waals surface area contributed by atoms with Gasteiger partial charge >= 0.3 is 21.2 Å². The Hall–Kier alpha value is -4.57. The van der Waals surface area contributed by atoms with Crippen molar-refractivity contribution in [3.8, 4) is 28.4 Å².